The van der Waals surface area contributed by atoms with Gasteiger partial charge in [-0.15, -0.1) is 0 Å². The average molecular weight is 294 g/mol. The third kappa shape index (κ3) is 5.61. The van der Waals surface area contributed by atoms with E-state index < -0.39 is 0 Å². The smallest absolute Gasteiger partial charge is 0.309 e. The van der Waals surface area contributed by atoms with Gasteiger partial charge in [-0.2, -0.15) is 0 Å². The maximum atomic E-state index is 11.6. The molecule has 1 heterocycles. The molecule has 6 nitrogen and oxygen atoms in total. The number of carbonyl (C=O) groups is 1. The zero-order chi connectivity index (χ0) is 15.1. The summed E-state index contributed by atoms with van der Waals surface area (Å²) >= 11 is 0. The number of hydrogen-bond acceptors (Lipinski definition) is 6. The summed E-state index contributed by atoms with van der Waals surface area (Å²) in [4.78, 5) is 13.8. The lowest BCUT2D eigenvalue weighted by atomic mass is 10.3. The first-order valence-corrected chi connectivity index (χ1v) is 7.07. The van der Waals surface area contributed by atoms with Crippen LogP contribution in [0.2, 0.25) is 0 Å². The number of morpholine rings is 1. The van der Waals surface area contributed by atoms with Crippen molar-refractivity contribution >= 4 is 11.7 Å². The van der Waals surface area contributed by atoms with Gasteiger partial charge < -0.3 is 24.8 Å². The molecule has 1 aromatic carbocycles. The predicted molar refractivity (Wildman–Crippen MR) is 79.2 cm³/mol. The minimum atomic E-state index is -0.282. The number of hydrogen-bond donors (Lipinski definition) is 1. The Morgan fingerprint density at radius 1 is 1.52 bits per heavy atom. The van der Waals surface area contributed by atoms with Crippen LogP contribution in [0.25, 0.3) is 0 Å². The van der Waals surface area contributed by atoms with Crippen molar-refractivity contribution in [1.29, 1.82) is 0 Å². The van der Waals surface area contributed by atoms with E-state index in [1.807, 2.05) is 7.05 Å². The van der Waals surface area contributed by atoms with Crippen LogP contribution in [0.4, 0.5) is 5.69 Å². The van der Waals surface area contributed by atoms with Crippen LogP contribution in [0.3, 0.4) is 0 Å². The molecule has 1 saturated heterocycles. The fourth-order valence-electron chi connectivity index (χ4n) is 2.08. The number of esters is 1. The Morgan fingerprint density at radius 2 is 2.38 bits per heavy atom. The molecule has 1 fully saturated rings. The highest BCUT2D eigenvalue weighted by molar-refractivity contribution is 5.69. The predicted octanol–water partition coefficient (Wildman–Crippen LogP) is 0.911. The Hall–Kier alpha value is -1.79. The fourth-order valence-corrected chi connectivity index (χ4v) is 2.08. The maximum absolute atomic E-state index is 11.6. The second-order valence-corrected chi connectivity index (χ2v) is 5.11. The number of nitrogen functional groups attached to an aromatic ring is 1. The van der Waals surface area contributed by atoms with Gasteiger partial charge in [-0.05, 0) is 19.2 Å². The minimum absolute atomic E-state index is 0.0393. The molecule has 1 atom stereocenters. The molecular formula is C15H22N2O4. The SMILES string of the molecule is CN1CCOC(COC(=O)CCOc2cccc(N)c2)C1. The molecule has 1 aliphatic heterocycles. The van der Waals surface area contributed by atoms with E-state index >= 15 is 0 Å². The van der Waals surface area contributed by atoms with Crippen molar-refractivity contribution in [3.63, 3.8) is 0 Å². The van der Waals surface area contributed by atoms with Gasteiger partial charge in [0.05, 0.1) is 19.6 Å². The molecule has 2 N–H and O–H groups in total. The topological polar surface area (TPSA) is 74.0 Å². The van der Waals surface area contributed by atoms with Crippen molar-refractivity contribution in [3.05, 3.63) is 24.3 Å². The summed E-state index contributed by atoms with van der Waals surface area (Å²) < 4.78 is 16.2. The Balaban J connectivity index is 1.61. The first kappa shape index (κ1) is 15.6. The molecule has 0 spiro atoms. The van der Waals surface area contributed by atoms with Crippen LogP contribution in [-0.4, -0.2) is 56.9 Å². The second-order valence-electron chi connectivity index (χ2n) is 5.11. The van der Waals surface area contributed by atoms with Gasteiger partial charge in [-0.1, -0.05) is 6.07 Å². The van der Waals surface area contributed by atoms with Crippen molar-refractivity contribution < 1.29 is 19.0 Å². The van der Waals surface area contributed by atoms with Crippen molar-refractivity contribution in [2.45, 2.75) is 12.5 Å². The molecule has 1 aromatic rings. The number of benzene rings is 1. The summed E-state index contributed by atoms with van der Waals surface area (Å²) in [6, 6.07) is 7.10. The summed E-state index contributed by atoms with van der Waals surface area (Å²) in [5, 5.41) is 0. The molecule has 0 amide bonds. The third-order valence-corrected chi connectivity index (χ3v) is 3.21. The Morgan fingerprint density at radius 3 is 3.14 bits per heavy atom. The highest BCUT2D eigenvalue weighted by atomic mass is 16.6. The largest absolute Gasteiger partial charge is 0.493 e. The first-order chi connectivity index (χ1) is 10.1. The Kier molecular flexibility index (Phi) is 5.83. The number of rotatable bonds is 6. The van der Waals surface area contributed by atoms with Crippen LogP contribution < -0.4 is 10.5 Å². The van der Waals surface area contributed by atoms with Crippen LogP contribution in [0.1, 0.15) is 6.42 Å². The molecule has 21 heavy (non-hydrogen) atoms. The van der Waals surface area contributed by atoms with E-state index in [1.165, 1.54) is 0 Å². The van der Waals surface area contributed by atoms with Crippen LogP contribution in [0.5, 0.6) is 5.75 Å². The van der Waals surface area contributed by atoms with E-state index in [4.69, 9.17) is 19.9 Å². The first-order valence-electron chi connectivity index (χ1n) is 7.07. The summed E-state index contributed by atoms with van der Waals surface area (Å²) in [6.45, 7) is 2.94. The lowest BCUT2D eigenvalue weighted by Gasteiger charge is -2.29. The minimum Gasteiger partial charge on any atom is -0.493 e. The highest BCUT2D eigenvalue weighted by Crippen LogP contribution is 2.14. The summed E-state index contributed by atoms with van der Waals surface area (Å²) in [7, 11) is 2.02. The molecule has 1 aliphatic rings. The van der Waals surface area contributed by atoms with Gasteiger partial charge in [0, 0.05) is 24.8 Å². The van der Waals surface area contributed by atoms with E-state index in [1.54, 1.807) is 24.3 Å². The normalized spacial score (nSPS) is 19.2. The number of anilines is 1. The van der Waals surface area contributed by atoms with E-state index in [9.17, 15) is 4.79 Å². The molecule has 0 aromatic heterocycles. The van der Waals surface area contributed by atoms with Crippen molar-refractivity contribution in [2.75, 3.05) is 45.7 Å². The molecule has 0 radical (unpaired) electrons. The van der Waals surface area contributed by atoms with Gasteiger partial charge in [0.15, 0.2) is 0 Å². The summed E-state index contributed by atoms with van der Waals surface area (Å²) in [5.74, 6) is 0.371. The van der Waals surface area contributed by atoms with E-state index in [0.717, 1.165) is 13.1 Å². The molecular weight excluding hydrogens is 272 g/mol. The number of nitrogens with two attached hydrogens (primary N) is 1. The zero-order valence-electron chi connectivity index (χ0n) is 12.3. The molecule has 0 saturated carbocycles. The Labute approximate surface area is 124 Å². The monoisotopic (exact) mass is 294 g/mol. The van der Waals surface area contributed by atoms with Crippen molar-refractivity contribution in [3.8, 4) is 5.75 Å². The second kappa shape index (κ2) is 7.85. The number of likely N-dealkylation sites (N-methyl/N-ethyl adjacent to an activating group) is 1. The van der Waals surface area contributed by atoms with Gasteiger partial charge in [0.1, 0.15) is 18.5 Å². The van der Waals surface area contributed by atoms with Crippen molar-refractivity contribution in [2.24, 2.45) is 0 Å². The molecule has 0 bridgehead atoms. The van der Waals surface area contributed by atoms with Crippen molar-refractivity contribution in [1.82, 2.24) is 4.90 Å². The van der Waals surface area contributed by atoms with E-state index in [2.05, 4.69) is 4.90 Å². The van der Waals surface area contributed by atoms with Crippen LogP contribution in [0.15, 0.2) is 24.3 Å². The number of nitrogens with zero attached hydrogens (tertiary/aromatic N) is 1. The van der Waals surface area contributed by atoms with Crippen LogP contribution >= 0.6 is 0 Å². The Bertz CT molecular complexity index is 467. The molecule has 6 heteroatoms. The third-order valence-electron chi connectivity index (χ3n) is 3.21. The van der Waals surface area contributed by atoms with Gasteiger partial charge in [0.25, 0.3) is 0 Å². The summed E-state index contributed by atoms with van der Waals surface area (Å²) in [6.07, 6.45) is 0.166. The maximum Gasteiger partial charge on any atom is 0.309 e. The fraction of sp³-hybridized carbons (Fsp3) is 0.533. The molecule has 116 valence electrons. The van der Waals surface area contributed by atoms with E-state index in [-0.39, 0.29) is 25.1 Å². The number of ether oxygens (including phenoxy) is 3. The van der Waals surface area contributed by atoms with Gasteiger partial charge in [0.2, 0.25) is 0 Å². The molecule has 0 aliphatic carbocycles. The number of carbonyl (C=O) groups excluding carboxylic acids is 1. The average Bonchev–Trinajstić information content (AvgIpc) is 2.45. The van der Waals surface area contributed by atoms with Gasteiger partial charge in [-0.3, -0.25) is 4.79 Å². The standard InChI is InChI=1S/C15H22N2O4/c1-17-6-8-20-14(10-17)11-21-15(18)5-7-19-13-4-2-3-12(16)9-13/h2-4,9,14H,5-8,10-11,16H2,1H3. The molecule has 2 rings (SSSR count). The highest BCUT2D eigenvalue weighted by Gasteiger charge is 2.19. The lowest BCUT2D eigenvalue weighted by molar-refractivity contribution is -0.150. The summed E-state index contributed by atoms with van der Waals surface area (Å²) in [5.41, 5.74) is 6.28. The van der Waals surface area contributed by atoms with Gasteiger partial charge in [-0.25, -0.2) is 0 Å². The lowest BCUT2D eigenvalue weighted by Crippen LogP contribution is -2.42. The van der Waals surface area contributed by atoms with E-state index in [0.29, 0.717) is 24.7 Å². The molecule has 1 unspecified atom stereocenters. The van der Waals surface area contributed by atoms with Gasteiger partial charge >= 0.3 is 5.97 Å². The van der Waals surface area contributed by atoms with Crippen LogP contribution in [-0.2, 0) is 14.3 Å². The quantitative estimate of drug-likeness (QED) is 0.621. The zero-order valence-corrected chi connectivity index (χ0v) is 12.3. The van der Waals surface area contributed by atoms with Crippen LogP contribution in [0, 0.1) is 0 Å².